The topological polar surface area (TPSA) is 76.5 Å². The molecule has 164 valence electrons. The van der Waals surface area contributed by atoms with E-state index in [4.69, 9.17) is 4.74 Å². The number of thiophene rings is 1. The Morgan fingerprint density at radius 3 is 2.97 bits per heavy atom. The number of nitrogens with zero attached hydrogens (tertiary/aromatic N) is 3. The Morgan fingerprint density at radius 1 is 1.23 bits per heavy atom. The van der Waals surface area contributed by atoms with E-state index in [1.165, 1.54) is 10.4 Å². The quantitative estimate of drug-likeness (QED) is 0.513. The van der Waals surface area contributed by atoms with Crippen molar-refractivity contribution in [2.75, 3.05) is 25.1 Å². The second-order valence-corrected chi connectivity index (χ2v) is 8.61. The van der Waals surface area contributed by atoms with E-state index in [0.717, 1.165) is 30.4 Å². The van der Waals surface area contributed by atoms with E-state index in [9.17, 15) is 9.59 Å². The molecular formula is C23H28N4O3S. The molecule has 7 nitrogen and oxygen atoms in total. The molecule has 0 saturated carbocycles. The number of fused-ring (bicyclic) bond motifs is 2. The molecule has 0 saturated heterocycles. The largest absolute Gasteiger partial charge is 0.382 e. The second-order valence-electron chi connectivity index (χ2n) is 7.61. The van der Waals surface area contributed by atoms with Crippen LogP contribution in [0.4, 0.5) is 5.95 Å². The third kappa shape index (κ3) is 5.14. The number of hydrogen-bond acceptors (Lipinski definition) is 5. The lowest BCUT2D eigenvalue weighted by Crippen LogP contribution is -2.35. The molecule has 8 heteroatoms. The molecule has 4 rings (SSSR count). The normalized spacial score (nSPS) is 13.4. The van der Waals surface area contributed by atoms with Gasteiger partial charge in [0.25, 0.3) is 0 Å². The van der Waals surface area contributed by atoms with Crippen LogP contribution in [0.15, 0.2) is 35.7 Å². The lowest BCUT2D eigenvalue weighted by Gasteiger charge is -2.27. The summed E-state index contributed by atoms with van der Waals surface area (Å²) in [5, 5.41) is 4.99. The molecule has 2 aromatic heterocycles. The SMILES string of the molecule is CCOCCCn1c(NC(=O)CCC(=O)N2CCc3sccc3C2)nc2ccccc21. The van der Waals surface area contributed by atoms with Gasteiger partial charge in [0.15, 0.2) is 0 Å². The van der Waals surface area contributed by atoms with Crippen LogP contribution in [-0.4, -0.2) is 46.0 Å². The van der Waals surface area contributed by atoms with Crippen LogP contribution >= 0.6 is 11.3 Å². The summed E-state index contributed by atoms with van der Waals surface area (Å²) in [5.74, 6) is 0.358. The van der Waals surface area contributed by atoms with Gasteiger partial charge in [0.05, 0.1) is 11.0 Å². The van der Waals surface area contributed by atoms with Crippen molar-refractivity contribution in [1.82, 2.24) is 14.5 Å². The fraction of sp³-hybridized carbons (Fsp3) is 0.435. The Balaban J connectivity index is 1.35. The summed E-state index contributed by atoms with van der Waals surface area (Å²) in [7, 11) is 0. The zero-order chi connectivity index (χ0) is 21.6. The Labute approximate surface area is 186 Å². The number of rotatable bonds is 9. The maximum Gasteiger partial charge on any atom is 0.227 e. The first-order valence-corrected chi connectivity index (χ1v) is 11.7. The van der Waals surface area contributed by atoms with Crippen LogP contribution in [-0.2, 0) is 33.8 Å². The number of amides is 2. The monoisotopic (exact) mass is 440 g/mol. The lowest BCUT2D eigenvalue weighted by atomic mass is 10.1. The fourth-order valence-electron chi connectivity index (χ4n) is 3.89. The van der Waals surface area contributed by atoms with Crippen molar-refractivity contribution in [3.8, 4) is 0 Å². The van der Waals surface area contributed by atoms with Gasteiger partial charge in [-0.1, -0.05) is 12.1 Å². The van der Waals surface area contributed by atoms with Gasteiger partial charge in [0.1, 0.15) is 0 Å². The van der Waals surface area contributed by atoms with Gasteiger partial charge in [0.2, 0.25) is 17.8 Å². The first-order valence-electron chi connectivity index (χ1n) is 10.8. The summed E-state index contributed by atoms with van der Waals surface area (Å²) < 4.78 is 7.45. The number of benzene rings is 1. The van der Waals surface area contributed by atoms with Crippen LogP contribution in [0.2, 0.25) is 0 Å². The molecule has 0 bridgehead atoms. The van der Waals surface area contributed by atoms with Crippen molar-refractivity contribution < 1.29 is 14.3 Å². The zero-order valence-electron chi connectivity index (χ0n) is 17.8. The average molecular weight is 441 g/mol. The highest BCUT2D eigenvalue weighted by Crippen LogP contribution is 2.25. The Kier molecular flexibility index (Phi) is 6.99. The number of anilines is 1. The third-order valence-corrected chi connectivity index (χ3v) is 6.53. The van der Waals surface area contributed by atoms with E-state index >= 15 is 0 Å². The Morgan fingerprint density at radius 2 is 2.10 bits per heavy atom. The van der Waals surface area contributed by atoms with Crippen LogP contribution in [0.3, 0.4) is 0 Å². The number of ether oxygens (including phenoxy) is 1. The molecule has 1 aromatic carbocycles. The average Bonchev–Trinajstić information content (AvgIpc) is 3.39. The smallest absolute Gasteiger partial charge is 0.227 e. The molecule has 0 fully saturated rings. The first kappa shape index (κ1) is 21.5. The molecule has 31 heavy (non-hydrogen) atoms. The molecule has 1 N–H and O–H groups in total. The number of carbonyl (C=O) groups is 2. The summed E-state index contributed by atoms with van der Waals surface area (Å²) in [5.41, 5.74) is 3.05. The standard InChI is InChI=1S/C23H28N4O3S/c1-2-30-14-5-12-27-19-7-4-3-6-18(19)24-23(27)25-21(28)8-9-22(29)26-13-10-20-17(16-26)11-15-31-20/h3-4,6-7,11,15H,2,5,8-10,12-14,16H2,1H3,(H,24,25,28). The Bertz CT molecular complexity index is 1060. The van der Waals surface area contributed by atoms with E-state index in [1.54, 1.807) is 11.3 Å². The predicted molar refractivity (Wildman–Crippen MR) is 122 cm³/mol. The molecule has 0 unspecified atom stereocenters. The van der Waals surface area contributed by atoms with E-state index < -0.39 is 0 Å². The molecular weight excluding hydrogens is 412 g/mol. The zero-order valence-corrected chi connectivity index (χ0v) is 18.6. The van der Waals surface area contributed by atoms with Gasteiger partial charge < -0.3 is 14.2 Å². The maximum atomic E-state index is 12.6. The summed E-state index contributed by atoms with van der Waals surface area (Å²) in [4.78, 5) is 33.0. The number of carbonyl (C=O) groups excluding carboxylic acids is 2. The van der Waals surface area contributed by atoms with Gasteiger partial charge in [-0.25, -0.2) is 4.98 Å². The van der Waals surface area contributed by atoms with Gasteiger partial charge >= 0.3 is 0 Å². The minimum Gasteiger partial charge on any atom is -0.382 e. The highest BCUT2D eigenvalue weighted by molar-refractivity contribution is 7.10. The Hall–Kier alpha value is -2.71. The number of aryl methyl sites for hydroxylation is 1. The minimum atomic E-state index is -0.192. The van der Waals surface area contributed by atoms with Crippen LogP contribution < -0.4 is 5.32 Å². The van der Waals surface area contributed by atoms with Crippen molar-refractivity contribution >= 4 is 40.1 Å². The summed E-state index contributed by atoms with van der Waals surface area (Å²) >= 11 is 1.75. The van der Waals surface area contributed by atoms with Gasteiger partial charge in [-0.3, -0.25) is 14.9 Å². The van der Waals surface area contributed by atoms with Crippen LogP contribution in [0.5, 0.6) is 0 Å². The maximum absolute atomic E-state index is 12.6. The van der Waals surface area contributed by atoms with Crippen LogP contribution in [0.25, 0.3) is 11.0 Å². The number of aromatic nitrogens is 2. The number of nitrogens with one attached hydrogen (secondary N) is 1. The number of hydrogen-bond donors (Lipinski definition) is 1. The van der Waals surface area contributed by atoms with Gasteiger partial charge in [0, 0.05) is 50.6 Å². The third-order valence-electron chi connectivity index (χ3n) is 5.51. The first-order chi connectivity index (χ1) is 15.2. The van der Waals surface area contributed by atoms with Crippen molar-refractivity contribution in [2.45, 2.75) is 45.7 Å². The van der Waals surface area contributed by atoms with Crippen molar-refractivity contribution in [3.63, 3.8) is 0 Å². The van der Waals surface area contributed by atoms with Crippen LogP contribution in [0.1, 0.15) is 36.6 Å². The molecule has 1 aliphatic rings. The van der Waals surface area contributed by atoms with E-state index in [0.29, 0.717) is 32.3 Å². The highest BCUT2D eigenvalue weighted by atomic mass is 32.1. The van der Waals surface area contributed by atoms with Crippen molar-refractivity contribution in [3.05, 3.63) is 46.2 Å². The predicted octanol–water partition coefficient (Wildman–Crippen LogP) is 3.83. The summed E-state index contributed by atoms with van der Waals surface area (Å²) in [6, 6.07) is 9.91. The highest BCUT2D eigenvalue weighted by Gasteiger charge is 2.22. The summed E-state index contributed by atoms with van der Waals surface area (Å²) in [6.07, 6.45) is 2.08. The molecule has 2 amide bonds. The molecule has 3 aromatic rings. The molecule has 1 aliphatic heterocycles. The minimum absolute atomic E-state index is 0.0252. The lowest BCUT2D eigenvalue weighted by molar-refractivity contribution is -0.133. The van der Waals surface area contributed by atoms with Crippen LogP contribution in [0, 0.1) is 0 Å². The molecule has 0 spiro atoms. The van der Waals surface area contributed by atoms with E-state index in [-0.39, 0.29) is 24.7 Å². The van der Waals surface area contributed by atoms with E-state index in [1.807, 2.05) is 40.7 Å². The number of para-hydroxylation sites is 2. The molecule has 0 atom stereocenters. The molecule has 0 radical (unpaired) electrons. The van der Waals surface area contributed by atoms with Gasteiger partial charge in [-0.15, -0.1) is 11.3 Å². The van der Waals surface area contributed by atoms with Gasteiger partial charge in [-0.05, 0) is 48.9 Å². The molecule has 3 heterocycles. The van der Waals surface area contributed by atoms with Crippen molar-refractivity contribution in [1.29, 1.82) is 0 Å². The molecule has 0 aliphatic carbocycles. The second kappa shape index (κ2) is 10.1. The van der Waals surface area contributed by atoms with Gasteiger partial charge in [-0.2, -0.15) is 0 Å². The van der Waals surface area contributed by atoms with Crippen molar-refractivity contribution in [2.24, 2.45) is 0 Å². The fourth-order valence-corrected chi connectivity index (χ4v) is 4.78. The summed E-state index contributed by atoms with van der Waals surface area (Å²) in [6.45, 7) is 5.40. The van der Waals surface area contributed by atoms with E-state index in [2.05, 4.69) is 21.7 Å². The number of imidazole rings is 1.